The third kappa shape index (κ3) is 5.70. The van der Waals surface area contributed by atoms with E-state index < -0.39 is 0 Å². The highest BCUT2D eigenvalue weighted by atomic mass is 16.2. The average molecular weight is 441 g/mol. The Morgan fingerprint density at radius 3 is 1.76 bits per heavy atom. The molecule has 4 nitrogen and oxygen atoms in total. The van der Waals surface area contributed by atoms with Crippen LogP contribution in [0.4, 0.5) is 11.4 Å². The molecule has 1 aliphatic rings. The summed E-state index contributed by atoms with van der Waals surface area (Å²) in [5, 5.41) is 5.84. The van der Waals surface area contributed by atoms with Gasteiger partial charge in [0.2, 0.25) is 0 Å². The van der Waals surface area contributed by atoms with E-state index in [9.17, 15) is 9.59 Å². The van der Waals surface area contributed by atoms with Crippen molar-refractivity contribution < 1.29 is 9.59 Å². The van der Waals surface area contributed by atoms with E-state index in [2.05, 4.69) is 29.7 Å². The number of amides is 2. The molecule has 0 bridgehead atoms. The van der Waals surface area contributed by atoms with Crippen LogP contribution in [0.15, 0.2) is 66.7 Å². The summed E-state index contributed by atoms with van der Waals surface area (Å²) in [4.78, 5) is 25.2. The third-order valence-corrected chi connectivity index (χ3v) is 6.83. The highest BCUT2D eigenvalue weighted by Gasteiger charge is 2.20. The van der Waals surface area contributed by atoms with Crippen LogP contribution in [0.25, 0.3) is 0 Å². The topological polar surface area (TPSA) is 58.2 Å². The molecule has 0 aliphatic heterocycles. The van der Waals surface area contributed by atoms with Gasteiger partial charge in [-0.15, -0.1) is 0 Å². The van der Waals surface area contributed by atoms with Crippen molar-refractivity contribution in [1.29, 1.82) is 0 Å². The molecule has 1 aliphatic carbocycles. The summed E-state index contributed by atoms with van der Waals surface area (Å²) < 4.78 is 0. The molecular formula is C29H32N2O2. The molecule has 0 atom stereocenters. The van der Waals surface area contributed by atoms with Crippen LogP contribution in [0.5, 0.6) is 0 Å². The molecule has 0 unspecified atom stereocenters. The minimum absolute atomic E-state index is 0.147. The zero-order valence-electron chi connectivity index (χ0n) is 19.7. The number of aryl methyl sites for hydroxylation is 2. The maximum atomic E-state index is 12.7. The lowest BCUT2D eigenvalue weighted by molar-refractivity contribution is 0.102. The molecular weight excluding hydrogens is 408 g/mol. The van der Waals surface area contributed by atoms with Crippen molar-refractivity contribution >= 4 is 23.2 Å². The maximum absolute atomic E-state index is 12.7. The third-order valence-electron chi connectivity index (χ3n) is 6.83. The van der Waals surface area contributed by atoms with Crippen molar-refractivity contribution in [1.82, 2.24) is 0 Å². The van der Waals surface area contributed by atoms with E-state index in [1.807, 2.05) is 44.2 Å². The van der Waals surface area contributed by atoms with E-state index in [1.165, 1.54) is 36.8 Å². The zero-order chi connectivity index (χ0) is 23.4. The van der Waals surface area contributed by atoms with Gasteiger partial charge in [-0.05, 0) is 104 Å². The van der Waals surface area contributed by atoms with Gasteiger partial charge in [-0.25, -0.2) is 0 Å². The number of anilines is 2. The second-order valence-corrected chi connectivity index (χ2v) is 9.36. The van der Waals surface area contributed by atoms with E-state index >= 15 is 0 Å². The molecule has 0 radical (unpaired) electrons. The first-order valence-corrected chi connectivity index (χ1v) is 11.8. The molecule has 3 aromatic carbocycles. The summed E-state index contributed by atoms with van der Waals surface area (Å²) in [6, 6.07) is 20.8. The molecule has 0 aromatic heterocycles. The van der Waals surface area contributed by atoms with E-state index in [-0.39, 0.29) is 11.8 Å². The van der Waals surface area contributed by atoms with Gasteiger partial charge in [0.05, 0.1) is 0 Å². The molecule has 2 N–H and O–H groups in total. The van der Waals surface area contributed by atoms with Gasteiger partial charge in [-0.2, -0.15) is 0 Å². The first-order chi connectivity index (χ1) is 15.9. The quantitative estimate of drug-likeness (QED) is 0.444. The molecule has 0 heterocycles. The van der Waals surface area contributed by atoms with Crippen LogP contribution >= 0.6 is 0 Å². The Kier molecular flexibility index (Phi) is 6.93. The lowest BCUT2D eigenvalue weighted by Gasteiger charge is -2.26. The number of carbonyl (C=O) groups is 2. The number of carbonyl (C=O) groups excluding carboxylic acids is 2. The standard InChI is InChI=1S/C29H32N2O2/c1-19-4-7-22(8-5-19)23-9-11-24(12-10-23)28(32)30-26-16-13-25(14-17-26)29(33)31-27-15-6-20(2)21(3)18-27/h6,9-19,22H,4-5,7-8H2,1-3H3,(H,30,32)(H,31,33). The Morgan fingerprint density at radius 2 is 1.18 bits per heavy atom. The largest absolute Gasteiger partial charge is 0.322 e. The van der Waals surface area contributed by atoms with Gasteiger partial charge in [0.1, 0.15) is 0 Å². The fourth-order valence-corrected chi connectivity index (χ4v) is 4.43. The highest BCUT2D eigenvalue weighted by molar-refractivity contribution is 6.06. The molecule has 0 spiro atoms. The lowest BCUT2D eigenvalue weighted by atomic mass is 9.79. The summed E-state index contributed by atoms with van der Waals surface area (Å²) in [5.41, 5.74) is 6.26. The van der Waals surface area contributed by atoms with Gasteiger partial charge in [0.25, 0.3) is 11.8 Å². The molecule has 2 amide bonds. The summed E-state index contributed by atoms with van der Waals surface area (Å²) in [6.45, 7) is 6.39. The Balaban J connectivity index is 1.34. The van der Waals surface area contributed by atoms with Gasteiger partial charge in [0, 0.05) is 22.5 Å². The number of hydrogen-bond acceptors (Lipinski definition) is 2. The molecule has 0 saturated heterocycles. The van der Waals surface area contributed by atoms with E-state index in [4.69, 9.17) is 0 Å². The summed E-state index contributed by atoms with van der Waals surface area (Å²) in [5.74, 6) is 1.12. The molecule has 3 aromatic rings. The molecule has 4 rings (SSSR count). The van der Waals surface area contributed by atoms with Crippen LogP contribution in [0.2, 0.25) is 0 Å². The average Bonchev–Trinajstić information content (AvgIpc) is 2.82. The Bertz CT molecular complexity index is 1130. The molecule has 170 valence electrons. The van der Waals surface area contributed by atoms with Crippen molar-refractivity contribution in [3.63, 3.8) is 0 Å². The second-order valence-electron chi connectivity index (χ2n) is 9.36. The maximum Gasteiger partial charge on any atom is 0.255 e. The van der Waals surface area contributed by atoms with E-state index in [0.29, 0.717) is 22.7 Å². The molecule has 33 heavy (non-hydrogen) atoms. The first-order valence-electron chi connectivity index (χ1n) is 11.8. The SMILES string of the molecule is Cc1ccc(NC(=O)c2ccc(NC(=O)c3ccc(C4CCC(C)CC4)cc3)cc2)cc1C. The minimum Gasteiger partial charge on any atom is -0.322 e. The van der Waals surface area contributed by atoms with Crippen molar-refractivity contribution in [2.45, 2.75) is 52.4 Å². The van der Waals surface area contributed by atoms with Crippen LogP contribution < -0.4 is 10.6 Å². The number of nitrogens with one attached hydrogen (secondary N) is 2. The second kappa shape index (κ2) is 10.0. The smallest absolute Gasteiger partial charge is 0.255 e. The lowest BCUT2D eigenvalue weighted by Crippen LogP contribution is -2.14. The fraction of sp³-hybridized carbons (Fsp3) is 0.310. The van der Waals surface area contributed by atoms with Crippen molar-refractivity contribution in [3.8, 4) is 0 Å². The van der Waals surface area contributed by atoms with E-state index in [0.717, 1.165) is 17.2 Å². The monoisotopic (exact) mass is 440 g/mol. The number of rotatable bonds is 5. The minimum atomic E-state index is -0.177. The highest BCUT2D eigenvalue weighted by Crippen LogP contribution is 2.35. The Labute approximate surface area is 196 Å². The summed E-state index contributed by atoms with van der Waals surface area (Å²) >= 11 is 0. The molecule has 1 fully saturated rings. The fourth-order valence-electron chi connectivity index (χ4n) is 4.43. The normalized spacial score (nSPS) is 17.9. The van der Waals surface area contributed by atoms with Crippen molar-refractivity contribution in [3.05, 3.63) is 94.5 Å². The van der Waals surface area contributed by atoms with Crippen LogP contribution in [0, 0.1) is 19.8 Å². The van der Waals surface area contributed by atoms with Crippen LogP contribution in [0.3, 0.4) is 0 Å². The first kappa shape index (κ1) is 22.8. The van der Waals surface area contributed by atoms with Gasteiger partial charge >= 0.3 is 0 Å². The van der Waals surface area contributed by atoms with Crippen molar-refractivity contribution in [2.75, 3.05) is 10.6 Å². The van der Waals surface area contributed by atoms with Gasteiger partial charge < -0.3 is 10.6 Å². The summed E-state index contributed by atoms with van der Waals surface area (Å²) in [7, 11) is 0. The van der Waals surface area contributed by atoms with Gasteiger partial charge in [-0.3, -0.25) is 9.59 Å². The predicted molar refractivity (Wildman–Crippen MR) is 135 cm³/mol. The molecule has 4 heteroatoms. The summed E-state index contributed by atoms with van der Waals surface area (Å²) in [6.07, 6.45) is 5.03. The zero-order valence-corrected chi connectivity index (χ0v) is 19.7. The van der Waals surface area contributed by atoms with Crippen molar-refractivity contribution in [2.24, 2.45) is 5.92 Å². The Morgan fingerprint density at radius 1 is 0.667 bits per heavy atom. The van der Waals surface area contributed by atoms with Crippen LogP contribution in [-0.2, 0) is 0 Å². The predicted octanol–water partition coefficient (Wildman–Crippen LogP) is 7.10. The van der Waals surface area contributed by atoms with Crippen LogP contribution in [0.1, 0.15) is 75.9 Å². The van der Waals surface area contributed by atoms with Crippen LogP contribution in [-0.4, -0.2) is 11.8 Å². The Hall–Kier alpha value is -3.40. The van der Waals surface area contributed by atoms with E-state index in [1.54, 1.807) is 24.3 Å². The van der Waals surface area contributed by atoms with Gasteiger partial charge in [0.15, 0.2) is 0 Å². The number of benzene rings is 3. The number of hydrogen-bond donors (Lipinski definition) is 2. The molecule has 1 saturated carbocycles. The van der Waals surface area contributed by atoms with Gasteiger partial charge in [-0.1, -0.05) is 38.0 Å².